The van der Waals surface area contributed by atoms with Crippen LogP contribution in [-0.2, 0) is 9.53 Å². The molecule has 0 bridgehead atoms. The second kappa shape index (κ2) is 7.27. The second-order valence-corrected chi connectivity index (χ2v) is 6.42. The van der Waals surface area contributed by atoms with Crippen LogP contribution in [0.3, 0.4) is 0 Å². The van der Waals surface area contributed by atoms with E-state index >= 15 is 0 Å². The highest BCUT2D eigenvalue weighted by Crippen LogP contribution is 2.24. The quantitative estimate of drug-likeness (QED) is 0.807. The van der Waals surface area contributed by atoms with Gasteiger partial charge in [0.25, 0.3) is 0 Å². The average molecular weight is 297 g/mol. The van der Waals surface area contributed by atoms with Crippen LogP contribution >= 0.6 is 0 Å². The number of nitriles is 1. The molecule has 1 fully saturated rings. The summed E-state index contributed by atoms with van der Waals surface area (Å²) < 4.78 is 5.16. The van der Waals surface area contributed by atoms with Crippen molar-refractivity contribution in [1.82, 2.24) is 10.2 Å². The Morgan fingerprint density at radius 2 is 2.19 bits per heavy atom. The summed E-state index contributed by atoms with van der Waals surface area (Å²) in [4.78, 5) is 24.7. The summed E-state index contributed by atoms with van der Waals surface area (Å²) in [5.74, 6) is -1.54. The van der Waals surface area contributed by atoms with Crippen LogP contribution in [0, 0.1) is 22.7 Å². The number of carboxylic acids is 1. The van der Waals surface area contributed by atoms with E-state index in [2.05, 4.69) is 5.32 Å². The van der Waals surface area contributed by atoms with Gasteiger partial charge in [-0.2, -0.15) is 5.26 Å². The zero-order valence-corrected chi connectivity index (χ0v) is 12.8. The van der Waals surface area contributed by atoms with Crippen molar-refractivity contribution >= 4 is 12.0 Å². The van der Waals surface area contributed by atoms with Gasteiger partial charge in [-0.25, -0.2) is 4.79 Å². The van der Waals surface area contributed by atoms with Gasteiger partial charge in [0, 0.05) is 13.1 Å². The molecule has 1 aliphatic rings. The number of carboxylic acid groups (broad SMARTS) is 1. The first-order chi connectivity index (χ1) is 9.73. The largest absolute Gasteiger partial charge is 0.481 e. The monoisotopic (exact) mass is 297 g/mol. The van der Waals surface area contributed by atoms with Gasteiger partial charge in [0.2, 0.25) is 0 Å². The normalized spacial score (nSPS) is 20.5. The number of hydrogen-bond donors (Lipinski definition) is 2. The zero-order valence-electron chi connectivity index (χ0n) is 12.8. The third-order valence-electron chi connectivity index (χ3n) is 3.21. The summed E-state index contributed by atoms with van der Waals surface area (Å²) in [6.45, 7) is 6.90. The third kappa shape index (κ3) is 6.00. The summed E-state index contributed by atoms with van der Waals surface area (Å²) in [5.41, 5.74) is -0.126. The van der Waals surface area contributed by atoms with Crippen molar-refractivity contribution < 1.29 is 19.4 Å². The highest BCUT2D eigenvalue weighted by molar-refractivity contribution is 5.76. The number of nitrogens with zero attached hydrogens (tertiary/aromatic N) is 2. The molecule has 0 aromatic heterocycles. The van der Waals surface area contributed by atoms with Crippen molar-refractivity contribution in [3.63, 3.8) is 0 Å². The molecule has 7 heteroatoms. The standard InChI is InChI=1S/C14H23N3O4/c1-14(2,3)6-10(12(18)19)8-16-13(20)17-4-5-21-11(7-15)9-17/h10-11H,4-6,8-9H2,1-3H3,(H,16,20)(H,18,19). The molecule has 0 aromatic rings. The minimum atomic E-state index is -0.915. The molecule has 1 saturated heterocycles. The predicted molar refractivity (Wildman–Crippen MR) is 75.5 cm³/mol. The first-order valence-electron chi connectivity index (χ1n) is 7.00. The fraction of sp³-hybridized carbons (Fsp3) is 0.786. The van der Waals surface area contributed by atoms with Crippen molar-refractivity contribution in [3.8, 4) is 6.07 Å². The van der Waals surface area contributed by atoms with Gasteiger partial charge < -0.3 is 20.1 Å². The Bertz CT molecular complexity index is 425. The van der Waals surface area contributed by atoms with Gasteiger partial charge in [-0.3, -0.25) is 4.79 Å². The maximum absolute atomic E-state index is 12.0. The van der Waals surface area contributed by atoms with Gasteiger partial charge in [0.1, 0.15) is 0 Å². The molecule has 0 radical (unpaired) electrons. The molecular weight excluding hydrogens is 274 g/mol. The van der Waals surface area contributed by atoms with Crippen molar-refractivity contribution in [1.29, 1.82) is 5.26 Å². The number of rotatable bonds is 4. The molecule has 2 N–H and O–H groups in total. The Labute approximate surface area is 124 Å². The smallest absolute Gasteiger partial charge is 0.317 e. The molecule has 2 unspecified atom stereocenters. The summed E-state index contributed by atoms with van der Waals surface area (Å²) in [6, 6.07) is 1.62. The lowest BCUT2D eigenvalue weighted by molar-refractivity contribution is -0.142. The summed E-state index contributed by atoms with van der Waals surface area (Å²) in [7, 11) is 0. The summed E-state index contributed by atoms with van der Waals surface area (Å²) >= 11 is 0. The first-order valence-corrected chi connectivity index (χ1v) is 7.00. The molecule has 0 saturated carbocycles. The van der Waals surface area contributed by atoms with Crippen molar-refractivity contribution in [2.75, 3.05) is 26.2 Å². The Kier molecular flexibility index (Phi) is 5.97. The third-order valence-corrected chi connectivity index (χ3v) is 3.21. The molecule has 0 aromatic carbocycles. The van der Waals surface area contributed by atoms with Crippen LogP contribution in [0.1, 0.15) is 27.2 Å². The Balaban J connectivity index is 2.50. The van der Waals surface area contributed by atoms with Gasteiger partial charge in [-0.05, 0) is 11.8 Å². The number of carbonyl (C=O) groups is 2. The van der Waals surface area contributed by atoms with E-state index in [0.29, 0.717) is 19.6 Å². The average Bonchev–Trinajstić information content (AvgIpc) is 2.41. The minimum absolute atomic E-state index is 0.0833. The van der Waals surface area contributed by atoms with Crippen molar-refractivity contribution in [2.24, 2.45) is 11.3 Å². The van der Waals surface area contributed by atoms with Gasteiger partial charge in [0.05, 0.1) is 25.1 Å². The van der Waals surface area contributed by atoms with Gasteiger partial charge in [0.15, 0.2) is 6.10 Å². The number of aliphatic carboxylic acids is 1. The second-order valence-electron chi connectivity index (χ2n) is 6.42. The van der Waals surface area contributed by atoms with Gasteiger partial charge >= 0.3 is 12.0 Å². The summed E-state index contributed by atoms with van der Waals surface area (Å²) in [5, 5.41) is 20.7. The number of nitrogens with one attached hydrogen (secondary N) is 1. The first kappa shape index (κ1) is 17.2. The highest BCUT2D eigenvalue weighted by Gasteiger charge is 2.27. The molecular formula is C14H23N3O4. The van der Waals surface area contributed by atoms with Crippen LogP contribution in [0.4, 0.5) is 4.79 Å². The topological polar surface area (TPSA) is 103 Å². The van der Waals surface area contributed by atoms with E-state index in [0.717, 1.165) is 0 Å². The van der Waals surface area contributed by atoms with E-state index < -0.39 is 18.0 Å². The zero-order chi connectivity index (χ0) is 16.0. The molecule has 1 rings (SSSR count). The lowest BCUT2D eigenvalue weighted by Gasteiger charge is -2.30. The number of urea groups is 1. The molecule has 0 spiro atoms. The Morgan fingerprint density at radius 1 is 1.52 bits per heavy atom. The minimum Gasteiger partial charge on any atom is -0.481 e. The number of hydrogen-bond acceptors (Lipinski definition) is 4. The Morgan fingerprint density at radius 3 is 2.71 bits per heavy atom. The van der Waals surface area contributed by atoms with Crippen LogP contribution in [0.25, 0.3) is 0 Å². The molecule has 1 aliphatic heterocycles. The lowest BCUT2D eigenvalue weighted by atomic mass is 9.84. The fourth-order valence-electron chi connectivity index (χ4n) is 2.22. The molecule has 2 atom stereocenters. The van der Waals surface area contributed by atoms with E-state index in [4.69, 9.17) is 10.00 Å². The Hall–Kier alpha value is -1.81. The molecule has 118 valence electrons. The van der Waals surface area contributed by atoms with Gasteiger partial charge in [-0.1, -0.05) is 20.8 Å². The molecule has 0 aliphatic carbocycles. The number of amides is 2. The van der Waals surface area contributed by atoms with Crippen LogP contribution in [0.2, 0.25) is 0 Å². The van der Waals surface area contributed by atoms with Crippen molar-refractivity contribution in [3.05, 3.63) is 0 Å². The van der Waals surface area contributed by atoms with E-state index in [1.807, 2.05) is 26.8 Å². The highest BCUT2D eigenvalue weighted by atomic mass is 16.5. The van der Waals surface area contributed by atoms with Crippen LogP contribution in [0.15, 0.2) is 0 Å². The molecule has 7 nitrogen and oxygen atoms in total. The fourth-order valence-corrected chi connectivity index (χ4v) is 2.22. The van der Waals surface area contributed by atoms with Crippen LogP contribution in [-0.4, -0.2) is 54.4 Å². The summed E-state index contributed by atoms with van der Waals surface area (Å²) in [6.07, 6.45) is -0.138. The van der Waals surface area contributed by atoms with E-state index in [1.165, 1.54) is 4.90 Å². The SMILES string of the molecule is CC(C)(C)CC(CNC(=O)N1CCOC(C#N)C1)C(=O)O. The molecule has 21 heavy (non-hydrogen) atoms. The van der Waals surface area contributed by atoms with Crippen LogP contribution < -0.4 is 5.32 Å². The maximum Gasteiger partial charge on any atom is 0.317 e. The lowest BCUT2D eigenvalue weighted by Crippen LogP contribution is -2.50. The predicted octanol–water partition coefficient (Wildman–Crippen LogP) is 1.06. The van der Waals surface area contributed by atoms with E-state index in [1.54, 1.807) is 0 Å². The number of carbonyl (C=O) groups excluding carboxylic acids is 1. The number of morpholine rings is 1. The van der Waals surface area contributed by atoms with Gasteiger partial charge in [-0.15, -0.1) is 0 Å². The molecule has 2 amide bonds. The maximum atomic E-state index is 12.0. The molecule has 1 heterocycles. The van der Waals surface area contributed by atoms with Crippen molar-refractivity contribution in [2.45, 2.75) is 33.3 Å². The van der Waals surface area contributed by atoms with Crippen LogP contribution in [0.5, 0.6) is 0 Å². The van der Waals surface area contributed by atoms with E-state index in [9.17, 15) is 14.7 Å². The number of ether oxygens (including phenoxy) is 1. The van der Waals surface area contributed by atoms with E-state index in [-0.39, 0.29) is 24.5 Å².